The molecule has 0 saturated carbocycles. The van der Waals surface area contributed by atoms with Crippen LogP contribution < -0.4 is 15.1 Å². The van der Waals surface area contributed by atoms with Crippen LogP contribution >= 0.6 is 11.3 Å². The lowest BCUT2D eigenvalue weighted by Crippen LogP contribution is -2.29. The van der Waals surface area contributed by atoms with E-state index in [0.29, 0.717) is 23.6 Å². The minimum absolute atomic E-state index is 0.0295. The minimum Gasteiger partial charge on any atom is -0.494 e. The summed E-state index contributed by atoms with van der Waals surface area (Å²) in [6, 6.07) is 9.62. The first-order chi connectivity index (χ1) is 17.3. The maximum absolute atomic E-state index is 14.0. The van der Waals surface area contributed by atoms with Crippen molar-refractivity contribution in [2.45, 2.75) is 26.8 Å². The van der Waals surface area contributed by atoms with Crippen molar-refractivity contribution in [2.24, 2.45) is 0 Å². The molecule has 5 rings (SSSR count). The normalized spacial score (nSPS) is 14.8. The number of aromatic nitrogens is 1. The van der Waals surface area contributed by atoms with Crippen LogP contribution in [0.3, 0.4) is 0 Å². The van der Waals surface area contributed by atoms with Gasteiger partial charge in [-0.2, -0.15) is 0 Å². The Morgan fingerprint density at radius 2 is 1.89 bits per heavy atom. The molecule has 0 radical (unpaired) electrons. The van der Waals surface area contributed by atoms with Gasteiger partial charge < -0.3 is 13.9 Å². The Hall–Kier alpha value is -4.05. The summed E-state index contributed by atoms with van der Waals surface area (Å²) in [6.45, 7) is 5.88. The average Bonchev–Trinajstić information content (AvgIpc) is 3.38. The van der Waals surface area contributed by atoms with Gasteiger partial charge in [0.2, 0.25) is 5.76 Å². The number of esters is 1. The highest BCUT2D eigenvalue weighted by Gasteiger charge is 2.45. The van der Waals surface area contributed by atoms with Crippen LogP contribution in [0.1, 0.15) is 56.9 Å². The largest absolute Gasteiger partial charge is 0.494 e. The van der Waals surface area contributed by atoms with Gasteiger partial charge in [-0.1, -0.05) is 23.5 Å². The van der Waals surface area contributed by atoms with Gasteiger partial charge in [-0.25, -0.2) is 14.2 Å². The van der Waals surface area contributed by atoms with E-state index in [1.807, 2.05) is 6.92 Å². The summed E-state index contributed by atoms with van der Waals surface area (Å²) >= 11 is 0.993. The van der Waals surface area contributed by atoms with Gasteiger partial charge in [-0.15, -0.1) is 0 Å². The van der Waals surface area contributed by atoms with Crippen LogP contribution in [0, 0.1) is 12.7 Å². The Balaban J connectivity index is 1.72. The molecular formula is C26H21FN2O6S. The molecule has 0 bridgehead atoms. The van der Waals surface area contributed by atoms with E-state index in [1.165, 1.54) is 11.0 Å². The van der Waals surface area contributed by atoms with E-state index in [4.69, 9.17) is 13.9 Å². The van der Waals surface area contributed by atoms with Crippen molar-refractivity contribution in [2.75, 3.05) is 18.1 Å². The standard InChI is InChI=1S/C26H21FN2O6S/c1-4-33-16-9-6-14(7-10-16)20-19-21(30)17-12-15(27)8-11-18(17)35-22(19)24(31)29(20)26-28-13(3)23(36-26)25(32)34-5-2/h6-12,20H,4-5H2,1-3H3. The molecule has 3 heterocycles. The second kappa shape index (κ2) is 9.19. The van der Waals surface area contributed by atoms with Gasteiger partial charge in [0.25, 0.3) is 5.91 Å². The first kappa shape index (κ1) is 23.7. The predicted octanol–water partition coefficient (Wildman–Crippen LogP) is 5.02. The Bertz CT molecular complexity index is 1560. The highest BCUT2D eigenvalue weighted by molar-refractivity contribution is 7.17. The third kappa shape index (κ3) is 3.83. The number of ether oxygens (including phenoxy) is 2. The molecule has 10 heteroatoms. The topological polar surface area (TPSA) is 98.9 Å². The first-order valence-electron chi connectivity index (χ1n) is 11.3. The van der Waals surface area contributed by atoms with Crippen LogP contribution in [0.15, 0.2) is 51.7 Å². The van der Waals surface area contributed by atoms with E-state index in [2.05, 4.69) is 4.98 Å². The number of hydrogen-bond donors (Lipinski definition) is 0. The summed E-state index contributed by atoms with van der Waals surface area (Å²) in [6.07, 6.45) is 0. The second-order valence-corrected chi connectivity index (χ2v) is 9.00. The van der Waals surface area contributed by atoms with E-state index in [0.717, 1.165) is 23.5 Å². The summed E-state index contributed by atoms with van der Waals surface area (Å²) in [5, 5.41) is 0.238. The molecule has 2 aromatic carbocycles. The van der Waals surface area contributed by atoms with E-state index in [-0.39, 0.29) is 38.9 Å². The number of carbonyl (C=O) groups excluding carboxylic acids is 2. The maximum atomic E-state index is 14.0. The summed E-state index contributed by atoms with van der Waals surface area (Å²) < 4.78 is 30.5. The number of thiazole rings is 1. The number of hydrogen-bond acceptors (Lipinski definition) is 8. The Labute approximate surface area is 208 Å². The zero-order chi connectivity index (χ0) is 25.6. The Morgan fingerprint density at radius 3 is 2.58 bits per heavy atom. The third-order valence-corrected chi connectivity index (χ3v) is 6.93. The van der Waals surface area contributed by atoms with Crippen LogP contribution in [-0.2, 0) is 4.74 Å². The molecule has 2 aromatic heterocycles. The number of nitrogens with zero attached hydrogens (tertiary/aromatic N) is 2. The lowest BCUT2D eigenvalue weighted by Gasteiger charge is -2.22. The summed E-state index contributed by atoms with van der Waals surface area (Å²) in [4.78, 5) is 45.7. The SMILES string of the molecule is CCOC(=O)c1sc(N2C(=O)c3oc4ccc(F)cc4c(=O)c3C2c2ccc(OCC)cc2)nc1C. The zero-order valence-corrected chi connectivity index (χ0v) is 20.5. The fraction of sp³-hybridized carbons (Fsp3) is 0.231. The Morgan fingerprint density at radius 1 is 1.14 bits per heavy atom. The molecule has 1 aliphatic rings. The van der Waals surface area contributed by atoms with Crippen molar-refractivity contribution in [1.82, 2.24) is 4.98 Å². The van der Waals surface area contributed by atoms with Crippen molar-refractivity contribution >= 4 is 39.3 Å². The van der Waals surface area contributed by atoms with Crippen LogP contribution in [0.5, 0.6) is 5.75 Å². The summed E-state index contributed by atoms with van der Waals surface area (Å²) in [5.41, 5.74) is 0.656. The van der Waals surface area contributed by atoms with Crippen molar-refractivity contribution in [3.05, 3.63) is 86.0 Å². The molecule has 4 aromatic rings. The molecule has 0 aliphatic carbocycles. The fourth-order valence-electron chi connectivity index (χ4n) is 4.24. The van der Waals surface area contributed by atoms with E-state index in [9.17, 15) is 18.8 Å². The molecule has 1 amide bonds. The van der Waals surface area contributed by atoms with Crippen molar-refractivity contribution in [1.29, 1.82) is 0 Å². The van der Waals surface area contributed by atoms with Gasteiger partial charge >= 0.3 is 5.97 Å². The molecule has 0 spiro atoms. The number of rotatable bonds is 6. The number of carbonyl (C=O) groups is 2. The van der Waals surface area contributed by atoms with E-state index >= 15 is 0 Å². The van der Waals surface area contributed by atoms with Gasteiger partial charge in [0.1, 0.15) is 22.0 Å². The molecule has 1 unspecified atom stereocenters. The number of anilines is 1. The molecular weight excluding hydrogens is 487 g/mol. The molecule has 1 atom stereocenters. The number of amides is 1. The van der Waals surface area contributed by atoms with Gasteiger partial charge in [0.05, 0.1) is 35.9 Å². The summed E-state index contributed by atoms with van der Waals surface area (Å²) in [7, 11) is 0. The van der Waals surface area contributed by atoms with Gasteiger partial charge in [-0.3, -0.25) is 14.5 Å². The second-order valence-electron chi connectivity index (χ2n) is 8.03. The van der Waals surface area contributed by atoms with Crippen molar-refractivity contribution < 1.29 is 27.9 Å². The lowest BCUT2D eigenvalue weighted by atomic mass is 9.98. The molecule has 8 nitrogen and oxygen atoms in total. The lowest BCUT2D eigenvalue weighted by molar-refractivity contribution is 0.0531. The third-order valence-electron chi connectivity index (χ3n) is 5.79. The highest BCUT2D eigenvalue weighted by atomic mass is 32.1. The molecule has 184 valence electrons. The number of halogens is 1. The summed E-state index contributed by atoms with van der Waals surface area (Å²) in [5.74, 6) is -1.25. The average molecular weight is 509 g/mol. The number of aryl methyl sites for hydroxylation is 1. The molecule has 1 aliphatic heterocycles. The van der Waals surface area contributed by atoms with Crippen molar-refractivity contribution in [3.63, 3.8) is 0 Å². The first-order valence-corrected chi connectivity index (χ1v) is 12.1. The zero-order valence-electron chi connectivity index (χ0n) is 19.7. The van der Waals surface area contributed by atoms with E-state index < -0.39 is 29.2 Å². The van der Waals surface area contributed by atoms with Crippen LogP contribution in [-0.4, -0.2) is 30.1 Å². The quantitative estimate of drug-likeness (QED) is 0.337. The smallest absolute Gasteiger partial charge is 0.350 e. The number of benzene rings is 2. The van der Waals surface area contributed by atoms with Gasteiger partial charge in [0.15, 0.2) is 10.6 Å². The minimum atomic E-state index is -0.910. The molecule has 0 fully saturated rings. The van der Waals surface area contributed by atoms with Crippen LogP contribution in [0.25, 0.3) is 11.0 Å². The fourth-order valence-corrected chi connectivity index (χ4v) is 5.23. The van der Waals surface area contributed by atoms with Gasteiger partial charge in [-0.05, 0) is 56.7 Å². The van der Waals surface area contributed by atoms with Gasteiger partial charge in [0, 0.05) is 0 Å². The highest BCUT2D eigenvalue weighted by Crippen LogP contribution is 2.43. The van der Waals surface area contributed by atoms with Crippen LogP contribution in [0.4, 0.5) is 9.52 Å². The predicted molar refractivity (Wildman–Crippen MR) is 132 cm³/mol. The number of fused-ring (bicyclic) bond motifs is 2. The maximum Gasteiger partial charge on any atom is 0.350 e. The van der Waals surface area contributed by atoms with E-state index in [1.54, 1.807) is 38.1 Å². The van der Waals surface area contributed by atoms with Crippen LogP contribution in [0.2, 0.25) is 0 Å². The molecule has 36 heavy (non-hydrogen) atoms. The molecule has 0 saturated heterocycles. The molecule has 0 N–H and O–H groups in total. The van der Waals surface area contributed by atoms with Crippen molar-refractivity contribution in [3.8, 4) is 5.75 Å². The monoisotopic (exact) mass is 508 g/mol. The Kier molecular flexibility index (Phi) is 6.05.